The number of hydrogen-bond donors (Lipinski definition) is 0. The van der Waals surface area contributed by atoms with E-state index in [9.17, 15) is 0 Å². The van der Waals surface area contributed by atoms with Gasteiger partial charge in [-0.25, -0.2) is 0 Å². The van der Waals surface area contributed by atoms with Gasteiger partial charge in [0.1, 0.15) is 0 Å². The number of rotatable bonds is 2. The summed E-state index contributed by atoms with van der Waals surface area (Å²) in [5, 5.41) is 0. The van der Waals surface area contributed by atoms with Gasteiger partial charge in [0.25, 0.3) is 0 Å². The Morgan fingerprint density at radius 1 is 0.667 bits per heavy atom. The van der Waals surface area contributed by atoms with E-state index < -0.39 is 0 Å². The number of aryl methyl sites for hydroxylation is 4. The van der Waals surface area contributed by atoms with E-state index >= 15 is 0 Å². The summed E-state index contributed by atoms with van der Waals surface area (Å²) in [5.74, 6) is 0. The number of allylic oxidation sites excluding steroid dienone is 1. The van der Waals surface area contributed by atoms with Crippen LogP contribution in [-0.2, 0) is 0 Å². The lowest BCUT2D eigenvalue weighted by Crippen LogP contribution is -1.91. The Hall–Kier alpha value is -1.82. The second kappa shape index (κ2) is 5.89. The van der Waals surface area contributed by atoms with Gasteiger partial charge < -0.3 is 0 Å². The summed E-state index contributed by atoms with van der Waals surface area (Å²) in [6.45, 7) is 15.4. The molecular weight excluding hydrogens is 252 g/mol. The van der Waals surface area contributed by atoms with Crippen LogP contribution in [0.2, 0.25) is 0 Å². The Morgan fingerprint density at radius 3 is 1.48 bits per heavy atom. The van der Waals surface area contributed by atoms with Gasteiger partial charge in [-0.2, -0.15) is 0 Å². The van der Waals surface area contributed by atoms with Gasteiger partial charge in [0.05, 0.1) is 0 Å². The van der Waals surface area contributed by atoms with E-state index in [1.807, 2.05) is 0 Å². The molecule has 0 heterocycles. The van der Waals surface area contributed by atoms with Gasteiger partial charge in [0.15, 0.2) is 0 Å². The van der Waals surface area contributed by atoms with Crippen molar-refractivity contribution < 1.29 is 0 Å². The Bertz CT molecular complexity index is 669. The molecule has 21 heavy (non-hydrogen) atoms. The average Bonchev–Trinajstić information content (AvgIpc) is 2.41. The van der Waals surface area contributed by atoms with Crippen molar-refractivity contribution in [3.63, 3.8) is 0 Å². The highest BCUT2D eigenvalue weighted by atomic mass is 14.1. The normalized spacial score (nSPS) is 11.9. The zero-order chi connectivity index (χ0) is 15.7. The molecule has 0 aliphatic heterocycles. The molecule has 0 bridgehead atoms. The first kappa shape index (κ1) is 15.6. The highest BCUT2D eigenvalue weighted by Crippen LogP contribution is 2.24. The first-order chi connectivity index (χ1) is 9.79. The van der Waals surface area contributed by atoms with Crippen LogP contribution in [-0.4, -0.2) is 0 Å². The molecule has 0 saturated carbocycles. The predicted octanol–water partition coefficient (Wildman–Crippen LogP) is 6.10. The predicted molar refractivity (Wildman–Crippen MR) is 94.9 cm³/mol. The maximum Gasteiger partial charge on any atom is -0.0222 e. The van der Waals surface area contributed by atoms with Crippen LogP contribution in [0.4, 0.5) is 0 Å². The minimum Gasteiger partial charge on any atom is -0.0518 e. The van der Waals surface area contributed by atoms with Crippen molar-refractivity contribution in [2.45, 2.75) is 48.5 Å². The van der Waals surface area contributed by atoms with Crippen LogP contribution < -0.4 is 0 Å². The minimum absolute atomic E-state index is 1.30. The number of hydrogen-bond acceptors (Lipinski definition) is 0. The largest absolute Gasteiger partial charge is 0.0518 e. The van der Waals surface area contributed by atoms with Gasteiger partial charge in [-0.1, -0.05) is 30.3 Å². The monoisotopic (exact) mass is 278 g/mol. The molecule has 0 heteroatoms. The molecular formula is C21H26. The lowest BCUT2D eigenvalue weighted by Gasteiger charge is -2.11. The number of benzene rings is 2. The van der Waals surface area contributed by atoms with Crippen LogP contribution in [0.5, 0.6) is 0 Å². The van der Waals surface area contributed by atoms with E-state index in [1.165, 1.54) is 50.1 Å². The zero-order valence-corrected chi connectivity index (χ0v) is 14.4. The molecule has 0 aliphatic rings. The Labute approximate surface area is 129 Å². The van der Waals surface area contributed by atoms with Crippen LogP contribution in [0.1, 0.15) is 51.4 Å². The standard InChI is InChI=1S/C21H26/c1-13-8-20(9-14(2)18(13)6)10-17(5)21-11-15(3)19(7)16(4)12-21/h8-12H,1-7H3. The third-order valence-corrected chi connectivity index (χ3v) is 4.71. The van der Waals surface area contributed by atoms with Crippen LogP contribution in [0, 0.1) is 41.5 Å². The molecule has 0 atom stereocenters. The molecule has 0 amide bonds. The fraction of sp³-hybridized carbons (Fsp3) is 0.333. The summed E-state index contributed by atoms with van der Waals surface area (Å²) in [7, 11) is 0. The summed E-state index contributed by atoms with van der Waals surface area (Å²) in [6.07, 6.45) is 2.29. The van der Waals surface area contributed by atoms with E-state index in [-0.39, 0.29) is 0 Å². The smallest absolute Gasteiger partial charge is 0.0222 e. The van der Waals surface area contributed by atoms with Gasteiger partial charge in [-0.3, -0.25) is 0 Å². The summed E-state index contributed by atoms with van der Waals surface area (Å²) in [4.78, 5) is 0. The van der Waals surface area contributed by atoms with Crippen molar-refractivity contribution >= 4 is 11.6 Å². The highest BCUT2D eigenvalue weighted by molar-refractivity contribution is 5.81. The molecule has 2 rings (SSSR count). The van der Waals surface area contributed by atoms with Crippen LogP contribution in [0.25, 0.3) is 11.6 Å². The fourth-order valence-corrected chi connectivity index (χ4v) is 2.75. The Morgan fingerprint density at radius 2 is 1.05 bits per heavy atom. The molecule has 0 unspecified atom stereocenters. The molecule has 0 N–H and O–H groups in total. The van der Waals surface area contributed by atoms with Crippen molar-refractivity contribution in [2.24, 2.45) is 0 Å². The second-order valence-corrected chi connectivity index (χ2v) is 6.34. The first-order valence-corrected chi connectivity index (χ1v) is 7.64. The molecule has 2 aromatic rings. The maximum absolute atomic E-state index is 2.29. The van der Waals surface area contributed by atoms with Crippen molar-refractivity contribution in [3.05, 3.63) is 68.8 Å². The zero-order valence-electron chi connectivity index (χ0n) is 14.4. The molecule has 2 aromatic carbocycles. The average molecular weight is 278 g/mol. The molecule has 0 aromatic heterocycles. The Kier molecular flexibility index (Phi) is 4.37. The van der Waals surface area contributed by atoms with Gasteiger partial charge in [-0.05, 0) is 98.5 Å². The molecule has 0 radical (unpaired) electrons. The van der Waals surface area contributed by atoms with Crippen LogP contribution >= 0.6 is 0 Å². The third kappa shape index (κ3) is 3.26. The SMILES string of the molecule is CC(=Cc1cc(C)c(C)c(C)c1)c1cc(C)c(C)c(C)c1. The minimum atomic E-state index is 1.30. The van der Waals surface area contributed by atoms with Gasteiger partial charge in [0.2, 0.25) is 0 Å². The maximum atomic E-state index is 2.29. The van der Waals surface area contributed by atoms with Crippen molar-refractivity contribution in [1.82, 2.24) is 0 Å². The van der Waals surface area contributed by atoms with Gasteiger partial charge in [-0.15, -0.1) is 0 Å². The Balaban J connectivity index is 2.46. The van der Waals surface area contributed by atoms with E-state index in [0.717, 1.165) is 0 Å². The van der Waals surface area contributed by atoms with Gasteiger partial charge in [0, 0.05) is 0 Å². The van der Waals surface area contributed by atoms with E-state index in [4.69, 9.17) is 0 Å². The third-order valence-electron chi connectivity index (χ3n) is 4.71. The molecule has 110 valence electrons. The van der Waals surface area contributed by atoms with E-state index in [2.05, 4.69) is 78.8 Å². The fourth-order valence-electron chi connectivity index (χ4n) is 2.75. The van der Waals surface area contributed by atoms with Gasteiger partial charge >= 0.3 is 0 Å². The quantitative estimate of drug-likeness (QED) is 0.582. The summed E-state index contributed by atoms with van der Waals surface area (Å²) >= 11 is 0. The molecule has 0 nitrogen and oxygen atoms in total. The van der Waals surface area contributed by atoms with Crippen molar-refractivity contribution in [2.75, 3.05) is 0 Å². The van der Waals surface area contributed by atoms with Crippen LogP contribution in [0.3, 0.4) is 0 Å². The molecule has 0 fully saturated rings. The van der Waals surface area contributed by atoms with Crippen molar-refractivity contribution in [3.8, 4) is 0 Å². The lowest BCUT2D eigenvalue weighted by atomic mass is 9.94. The molecule has 0 saturated heterocycles. The van der Waals surface area contributed by atoms with Crippen molar-refractivity contribution in [1.29, 1.82) is 0 Å². The highest BCUT2D eigenvalue weighted by Gasteiger charge is 2.04. The summed E-state index contributed by atoms with van der Waals surface area (Å²) < 4.78 is 0. The van der Waals surface area contributed by atoms with Crippen LogP contribution in [0.15, 0.2) is 24.3 Å². The molecule has 0 aliphatic carbocycles. The first-order valence-electron chi connectivity index (χ1n) is 7.64. The second-order valence-electron chi connectivity index (χ2n) is 6.34. The topological polar surface area (TPSA) is 0 Å². The van der Waals surface area contributed by atoms with E-state index in [0.29, 0.717) is 0 Å². The summed E-state index contributed by atoms with van der Waals surface area (Å²) in [6, 6.07) is 9.14. The van der Waals surface area contributed by atoms with E-state index in [1.54, 1.807) is 0 Å². The molecule has 0 spiro atoms. The lowest BCUT2D eigenvalue weighted by molar-refractivity contribution is 1.25. The summed E-state index contributed by atoms with van der Waals surface area (Å²) in [5.41, 5.74) is 12.2.